The summed E-state index contributed by atoms with van der Waals surface area (Å²) < 4.78 is 25.6. The molecule has 0 saturated heterocycles. The number of benzene rings is 2. The Morgan fingerprint density at radius 2 is 1.87 bits per heavy atom. The van der Waals surface area contributed by atoms with Gasteiger partial charge in [-0.3, -0.25) is 9.52 Å². The van der Waals surface area contributed by atoms with Crippen molar-refractivity contribution in [2.24, 2.45) is 11.0 Å². The Morgan fingerprint density at radius 1 is 1.10 bits per heavy atom. The highest BCUT2D eigenvalue weighted by molar-refractivity contribution is 7.92. The van der Waals surface area contributed by atoms with E-state index in [1.807, 2.05) is 37.4 Å². The number of fused-ring (bicyclic) bond motifs is 1. The maximum absolute atomic E-state index is 12.9. The number of hydrogen-bond acceptors (Lipinski definition) is 4. The summed E-state index contributed by atoms with van der Waals surface area (Å²) in [6, 6.07) is 11.3. The number of carbonyl (C=O) groups excluding carboxylic acids is 1. The van der Waals surface area contributed by atoms with Crippen LogP contribution in [0.1, 0.15) is 53.6 Å². The first-order valence-electron chi connectivity index (χ1n) is 10.4. The molecule has 1 fully saturated rings. The lowest BCUT2D eigenvalue weighted by Gasteiger charge is -2.18. The fourth-order valence-electron chi connectivity index (χ4n) is 4.35. The van der Waals surface area contributed by atoms with Crippen LogP contribution in [-0.4, -0.2) is 31.8 Å². The molecular weight excluding hydrogens is 398 g/mol. The lowest BCUT2D eigenvalue weighted by molar-refractivity contribution is 0.0783. The van der Waals surface area contributed by atoms with Crippen molar-refractivity contribution in [1.29, 1.82) is 0 Å². The molecule has 1 heterocycles. The minimum Gasteiger partial charge on any atom is -0.284 e. The van der Waals surface area contributed by atoms with Gasteiger partial charge in [0.25, 0.3) is 5.91 Å². The zero-order chi connectivity index (χ0) is 21.3. The summed E-state index contributed by atoms with van der Waals surface area (Å²) in [5, 5.41) is 6.09. The van der Waals surface area contributed by atoms with E-state index in [1.165, 1.54) is 19.3 Å². The van der Waals surface area contributed by atoms with Crippen LogP contribution in [0, 0.1) is 12.8 Å². The van der Waals surface area contributed by atoms with Gasteiger partial charge in [-0.1, -0.05) is 37.5 Å². The Balaban J connectivity index is 1.58. The summed E-state index contributed by atoms with van der Waals surface area (Å²) in [4.78, 5) is 12.9. The maximum atomic E-state index is 12.9. The Hall–Kier alpha value is -2.67. The van der Waals surface area contributed by atoms with Crippen molar-refractivity contribution < 1.29 is 13.2 Å². The van der Waals surface area contributed by atoms with Crippen LogP contribution in [0.5, 0.6) is 0 Å². The average molecular weight is 426 g/mol. The van der Waals surface area contributed by atoms with Crippen molar-refractivity contribution in [2.45, 2.75) is 45.6 Å². The van der Waals surface area contributed by atoms with Crippen molar-refractivity contribution in [3.05, 3.63) is 53.1 Å². The number of sulfonamides is 1. The first kappa shape index (κ1) is 20.6. The fraction of sp³-hybridized carbons (Fsp3) is 0.391. The first-order valence-corrected chi connectivity index (χ1v) is 12.3. The molecule has 0 aromatic heterocycles. The molecule has 0 radical (unpaired) electrons. The molecule has 1 aliphatic carbocycles. The van der Waals surface area contributed by atoms with Crippen LogP contribution in [0.15, 0.2) is 41.5 Å². The second-order valence-electron chi connectivity index (χ2n) is 8.31. The van der Waals surface area contributed by atoms with Crippen LogP contribution in [0.2, 0.25) is 0 Å². The minimum atomic E-state index is -3.34. The van der Waals surface area contributed by atoms with Gasteiger partial charge >= 0.3 is 0 Å². The van der Waals surface area contributed by atoms with E-state index >= 15 is 0 Å². The van der Waals surface area contributed by atoms with E-state index in [0.717, 1.165) is 46.9 Å². The van der Waals surface area contributed by atoms with Gasteiger partial charge in [0, 0.05) is 17.5 Å². The Bertz CT molecular complexity index is 1100. The third-order valence-corrected chi connectivity index (χ3v) is 6.36. The lowest BCUT2D eigenvalue weighted by Crippen LogP contribution is -2.19. The molecular formula is C23H27N3O3S. The zero-order valence-corrected chi connectivity index (χ0v) is 18.2. The van der Waals surface area contributed by atoms with Crippen molar-refractivity contribution in [1.82, 2.24) is 5.01 Å². The van der Waals surface area contributed by atoms with E-state index in [1.54, 1.807) is 17.1 Å². The lowest BCUT2D eigenvalue weighted by atomic mass is 9.90. The summed E-state index contributed by atoms with van der Waals surface area (Å²) in [5.74, 6) is 0.422. The van der Waals surface area contributed by atoms with Gasteiger partial charge in [0.05, 0.1) is 12.8 Å². The van der Waals surface area contributed by atoms with Gasteiger partial charge in [-0.2, -0.15) is 5.10 Å². The van der Waals surface area contributed by atoms with Gasteiger partial charge in [0.15, 0.2) is 0 Å². The molecule has 158 valence electrons. The van der Waals surface area contributed by atoms with E-state index < -0.39 is 10.0 Å². The molecule has 2 aliphatic rings. The summed E-state index contributed by atoms with van der Waals surface area (Å²) in [7, 11) is -3.34. The second kappa shape index (κ2) is 8.22. The SMILES string of the molecule is Cc1cc(-c2cccc(NS(C)(=O)=O)c2)cc2c1C(=O)N(N=CC1CCCCC1)C2. The predicted octanol–water partition coefficient (Wildman–Crippen LogP) is 4.56. The molecule has 7 heteroatoms. The highest BCUT2D eigenvalue weighted by atomic mass is 32.2. The van der Waals surface area contributed by atoms with Crippen LogP contribution in [0.4, 0.5) is 5.69 Å². The van der Waals surface area contributed by atoms with Crippen LogP contribution < -0.4 is 4.72 Å². The molecule has 2 aromatic carbocycles. The maximum Gasteiger partial charge on any atom is 0.274 e. The third-order valence-electron chi connectivity index (χ3n) is 5.75. The van der Waals surface area contributed by atoms with Gasteiger partial charge in [0.2, 0.25) is 10.0 Å². The summed E-state index contributed by atoms with van der Waals surface area (Å²) >= 11 is 0. The Labute approximate surface area is 178 Å². The summed E-state index contributed by atoms with van der Waals surface area (Å²) in [6.45, 7) is 2.40. The fourth-order valence-corrected chi connectivity index (χ4v) is 4.90. The number of hydrogen-bond donors (Lipinski definition) is 1. The van der Waals surface area contributed by atoms with Gasteiger partial charge in [0.1, 0.15) is 0 Å². The topological polar surface area (TPSA) is 78.8 Å². The van der Waals surface area contributed by atoms with Gasteiger partial charge in [-0.05, 0) is 66.1 Å². The van der Waals surface area contributed by atoms with Crippen LogP contribution in [0.25, 0.3) is 11.1 Å². The number of aryl methyl sites for hydroxylation is 1. The van der Waals surface area contributed by atoms with E-state index in [4.69, 9.17) is 0 Å². The molecule has 4 rings (SSSR count). The Morgan fingerprint density at radius 3 is 2.60 bits per heavy atom. The van der Waals surface area contributed by atoms with Gasteiger partial charge < -0.3 is 0 Å². The predicted molar refractivity (Wildman–Crippen MR) is 120 cm³/mol. The van der Waals surface area contributed by atoms with Gasteiger partial charge in [-0.25, -0.2) is 13.4 Å². The van der Waals surface area contributed by atoms with Crippen molar-refractivity contribution in [2.75, 3.05) is 11.0 Å². The molecule has 1 saturated carbocycles. The highest BCUT2D eigenvalue weighted by Gasteiger charge is 2.29. The Kier molecular flexibility index (Phi) is 5.64. The van der Waals surface area contributed by atoms with E-state index in [0.29, 0.717) is 18.2 Å². The molecule has 1 N–H and O–H groups in total. The van der Waals surface area contributed by atoms with Crippen LogP contribution in [0.3, 0.4) is 0 Å². The van der Waals surface area contributed by atoms with Crippen molar-refractivity contribution in [3.8, 4) is 11.1 Å². The smallest absolute Gasteiger partial charge is 0.274 e. The number of rotatable bonds is 5. The van der Waals surface area contributed by atoms with Gasteiger partial charge in [-0.15, -0.1) is 0 Å². The summed E-state index contributed by atoms with van der Waals surface area (Å²) in [6.07, 6.45) is 9.16. The van der Waals surface area contributed by atoms with E-state index in [2.05, 4.69) is 9.82 Å². The third kappa shape index (κ3) is 4.56. The van der Waals surface area contributed by atoms with Crippen LogP contribution >= 0.6 is 0 Å². The monoisotopic (exact) mass is 425 g/mol. The van der Waals surface area contributed by atoms with E-state index in [-0.39, 0.29) is 5.91 Å². The standard InChI is InChI=1S/C23H27N3O3S/c1-16-11-19(18-9-6-10-21(13-18)25-30(2,28)29)12-20-15-26(23(27)22(16)20)24-14-17-7-4-3-5-8-17/h6,9-14,17,25H,3-5,7-8,15H2,1-2H3. The number of carbonyl (C=O) groups is 1. The molecule has 6 nitrogen and oxygen atoms in total. The molecule has 0 spiro atoms. The molecule has 2 aromatic rings. The van der Waals surface area contributed by atoms with Crippen molar-refractivity contribution >= 4 is 27.8 Å². The molecule has 0 unspecified atom stereocenters. The first-order chi connectivity index (χ1) is 14.3. The quantitative estimate of drug-likeness (QED) is 0.714. The number of anilines is 1. The number of nitrogens with zero attached hydrogens (tertiary/aromatic N) is 2. The highest BCUT2D eigenvalue weighted by Crippen LogP contribution is 2.33. The normalized spacial score (nSPS) is 17.5. The van der Waals surface area contributed by atoms with Crippen LogP contribution in [-0.2, 0) is 16.6 Å². The second-order valence-corrected chi connectivity index (χ2v) is 10.1. The average Bonchev–Trinajstić information content (AvgIpc) is 3.02. The molecule has 0 atom stereocenters. The molecule has 30 heavy (non-hydrogen) atoms. The minimum absolute atomic E-state index is 0.0476. The van der Waals surface area contributed by atoms with E-state index in [9.17, 15) is 13.2 Å². The van der Waals surface area contributed by atoms with Crippen molar-refractivity contribution in [3.63, 3.8) is 0 Å². The number of nitrogens with one attached hydrogen (secondary N) is 1. The summed E-state index contributed by atoms with van der Waals surface area (Å²) in [5.41, 5.74) is 4.95. The molecule has 1 aliphatic heterocycles. The molecule has 0 bridgehead atoms. The number of amides is 1. The number of hydrazone groups is 1. The molecule has 1 amide bonds. The largest absolute Gasteiger partial charge is 0.284 e. The zero-order valence-electron chi connectivity index (χ0n) is 17.4.